The Kier molecular flexibility index (Phi) is 7.24. The summed E-state index contributed by atoms with van der Waals surface area (Å²) in [6.07, 6.45) is 1.75. The molecule has 0 saturated heterocycles. The SMILES string of the molecule is CCOc1cc(/C=N/N(C)C)ccc1OCc1c(Cl)ccc(Cl)c1Cl. The molecule has 0 bridgehead atoms. The predicted molar refractivity (Wildman–Crippen MR) is 105 cm³/mol. The van der Waals surface area contributed by atoms with E-state index in [1.54, 1.807) is 23.4 Å². The molecule has 2 aromatic carbocycles. The molecule has 2 rings (SSSR count). The van der Waals surface area contributed by atoms with Gasteiger partial charge in [-0.2, -0.15) is 5.10 Å². The van der Waals surface area contributed by atoms with Crippen molar-refractivity contribution in [1.29, 1.82) is 0 Å². The fourth-order valence-corrected chi connectivity index (χ4v) is 2.68. The van der Waals surface area contributed by atoms with Crippen LogP contribution in [0.25, 0.3) is 0 Å². The molecule has 134 valence electrons. The zero-order valence-electron chi connectivity index (χ0n) is 14.2. The number of hydrogen-bond acceptors (Lipinski definition) is 4. The quantitative estimate of drug-likeness (QED) is 0.348. The Labute approximate surface area is 162 Å². The second-order valence-electron chi connectivity index (χ2n) is 5.34. The highest BCUT2D eigenvalue weighted by molar-refractivity contribution is 6.44. The Morgan fingerprint density at radius 3 is 2.40 bits per heavy atom. The smallest absolute Gasteiger partial charge is 0.161 e. The Hall–Kier alpha value is -1.62. The maximum absolute atomic E-state index is 6.21. The molecule has 0 aliphatic heterocycles. The van der Waals surface area contributed by atoms with Gasteiger partial charge < -0.3 is 14.5 Å². The number of rotatable bonds is 7. The monoisotopic (exact) mass is 400 g/mol. The van der Waals surface area contributed by atoms with Crippen LogP contribution in [0.2, 0.25) is 15.1 Å². The lowest BCUT2D eigenvalue weighted by Gasteiger charge is -2.14. The van der Waals surface area contributed by atoms with Crippen LogP contribution in [-0.4, -0.2) is 31.9 Å². The third kappa shape index (κ3) is 5.43. The molecule has 0 atom stereocenters. The molecule has 0 radical (unpaired) electrons. The summed E-state index contributed by atoms with van der Waals surface area (Å²) in [7, 11) is 3.71. The first kappa shape index (κ1) is 19.7. The van der Waals surface area contributed by atoms with E-state index in [1.165, 1.54) is 0 Å². The van der Waals surface area contributed by atoms with Crippen molar-refractivity contribution in [3.8, 4) is 11.5 Å². The van der Waals surface area contributed by atoms with Gasteiger partial charge in [0.2, 0.25) is 0 Å². The van der Waals surface area contributed by atoms with Crippen molar-refractivity contribution in [3.05, 3.63) is 56.5 Å². The van der Waals surface area contributed by atoms with Gasteiger partial charge in [0.15, 0.2) is 11.5 Å². The van der Waals surface area contributed by atoms with Crippen LogP contribution in [0.4, 0.5) is 0 Å². The first-order chi connectivity index (χ1) is 11.9. The molecule has 0 amide bonds. The van der Waals surface area contributed by atoms with Crippen LogP contribution in [0, 0.1) is 0 Å². The van der Waals surface area contributed by atoms with Crippen LogP contribution in [0.15, 0.2) is 35.4 Å². The summed E-state index contributed by atoms with van der Waals surface area (Å²) in [5.41, 5.74) is 1.54. The molecule has 4 nitrogen and oxygen atoms in total. The zero-order chi connectivity index (χ0) is 18.4. The minimum Gasteiger partial charge on any atom is -0.490 e. The summed E-state index contributed by atoms with van der Waals surface area (Å²) in [5, 5.41) is 7.26. The lowest BCUT2D eigenvalue weighted by Crippen LogP contribution is -2.03. The highest BCUT2D eigenvalue weighted by Gasteiger charge is 2.12. The average Bonchev–Trinajstić information content (AvgIpc) is 2.58. The van der Waals surface area contributed by atoms with Crippen LogP contribution in [0.1, 0.15) is 18.1 Å². The molecule has 0 spiro atoms. The number of nitrogens with zero attached hydrogens (tertiary/aromatic N) is 2. The van der Waals surface area contributed by atoms with Gasteiger partial charge >= 0.3 is 0 Å². The number of halogens is 3. The summed E-state index contributed by atoms with van der Waals surface area (Å²) < 4.78 is 11.5. The highest BCUT2D eigenvalue weighted by Crippen LogP contribution is 2.34. The Morgan fingerprint density at radius 2 is 1.72 bits per heavy atom. The molecule has 0 saturated carbocycles. The summed E-state index contributed by atoms with van der Waals surface area (Å²) in [6, 6.07) is 8.94. The van der Waals surface area contributed by atoms with E-state index in [0.29, 0.717) is 38.7 Å². The number of benzene rings is 2. The van der Waals surface area contributed by atoms with E-state index >= 15 is 0 Å². The molecule has 25 heavy (non-hydrogen) atoms. The largest absolute Gasteiger partial charge is 0.490 e. The van der Waals surface area contributed by atoms with Crippen LogP contribution < -0.4 is 9.47 Å². The van der Waals surface area contributed by atoms with Crippen LogP contribution in [0.3, 0.4) is 0 Å². The molecular weight excluding hydrogens is 383 g/mol. The van der Waals surface area contributed by atoms with E-state index in [2.05, 4.69) is 5.10 Å². The van der Waals surface area contributed by atoms with Gasteiger partial charge in [0.05, 0.1) is 22.9 Å². The van der Waals surface area contributed by atoms with E-state index in [0.717, 1.165) is 5.56 Å². The Balaban J connectivity index is 2.23. The van der Waals surface area contributed by atoms with Crippen molar-refractivity contribution in [3.63, 3.8) is 0 Å². The fraction of sp³-hybridized carbons (Fsp3) is 0.278. The summed E-state index contributed by atoms with van der Waals surface area (Å²) in [6.45, 7) is 2.61. The maximum atomic E-state index is 6.21. The summed E-state index contributed by atoms with van der Waals surface area (Å²) >= 11 is 18.4. The second-order valence-corrected chi connectivity index (χ2v) is 6.53. The molecule has 0 aliphatic rings. The molecule has 0 fully saturated rings. The van der Waals surface area contributed by atoms with Crippen molar-refractivity contribution in [2.75, 3.05) is 20.7 Å². The van der Waals surface area contributed by atoms with Crippen molar-refractivity contribution < 1.29 is 9.47 Å². The number of hydrazone groups is 1. The summed E-state index contributed by atoms with van der Waals surface area (Å²) in [5.74, 6) is 1.22. The van der Waals surface area contributed by atoms with Gasteiger partial charge in [-0.05, 0) is 42.8 Å². The van der Waals surface area contributed by atoms with E-state index in [4.69, 9.17) is 44.3 Å². The topological polar surface area (TPSA) is 34.1 Å². The third-order valence-corrected chi connectivity index (χ3v) is 4.41. The zero-order valence-corrected chi connectivity index (χ0v) is 16.5. The Bertz CT molecular complexity index is 764. The molecule has 0 aromatic heterocycles. The van der Waals surface area contributed by atoms with Crippen molar-refractivity contribution in [2.45, 2.75) is 13.5 Å². The van der Waals surface area contributed by atoms with Crippen LogP contribution in [0.5, 0.6) is 11.5 Å². The first-order valence-electron chi connectivity index (χ1n) is 7.65. The van der Waals surface area contributed by atoms with Crippen molar-refractivity contribution in [2.24, 2.45) is 5.10 Å². The Morgan fingerprint density at radius 1 is 1.00 bits per heavy atom. The molecule has 0 unspecified atom stereocenters. The molecule has 2 aromatic rings. The van der Waals surface area contributed by atoms with Gasteiger partial charge in [0.25, 0.3) is 0 Å². The standard InChI is InChI=1S/C18H19Cl3N2O2/c1-4-24-17-9-12(10-22-23(2)3)5-8-16(17)25-11-13-14(19)6-7-15(20)18(13)21/h5-10H,4,11H2,1-3H3/b22-10+. The lowest BCUT2D eigenvalue weighted by molar-refractivity contribution is 0.269. The van der Waals surface area contributed by atoms with E-state index < -0.39 is 0 Å². The maximum Gasteiger partial charge on any atom is 0.161 e. The highest BCUT2D eigenvalue weighted by atomic mass is 35.5. The molecule has 0 N–H and O–H groups in total. The van der Waals surface area contributed by atoms with E-state index in [1.807, 2.05) is 39.2 Å². The van der Waals surface area contributed by atoms with Crippen molar-refractivity contribution >= 4 is 41.0 Å². The lowest BCUT2D eigenvalue weighted by atomic mass is 10.2. The van der Waals surface area contributed by atoms with E-state index in [9.17, 15) is 0 Å². The van der Waals surface area contributed by atoms with Crippen LogP contribution in [-0.2, 0) is 6.61 Å². The minimum atomic E-state index is 0.184. The van der Waals surface area contributed by atoms with E-state index in [-0.39, 0.29) is 6.61 Å². The minimum absolute atomic E-state index is 0.184. The van der Waals surface area contributed by atoms with Gasteiger partial charge in [0.1, 0.15) is 6.61 Å². The number of hydrogen-bond donors (Lipinski definition) is 0. The van der Waals surface area contributed by atoms with Gasteiger partial charge in [-0.25, -0.2) is 0 Å². The normalized spacial score (nSPS) is 11.0. The second kappa shape index (κ2) is 9.18. The molecular formula is C18H19Cl3N2O2. The number of ether oxygens (including phenoxy) is 2. The summed E-state index contributed by atoms with van der Waals surface area (Å²) in [4.78, 5) is 0. The molecule has 7 heteroatoms. The first-order valence-corrected chi connectivity index (χ1v) is 8.79. The average molecular weight is 402 g/mol. The van der Waals surface area contributed by atoms with Gasteiger partial charge in [-0.15, -0.1) is 0 Å². The van der Waals surface area contributed by atoms with Gasteiger partial charge in [-0.1, -0.05) is 34.8 Å². The predicted octanol–water partition coefficient (Wildman–Crippen LogP) is 5.52. The van der Waals surface area contributed by atoms with Gasteiger partial charge in [0, 0.05) is 24.7 Å². The molecule has 0 heterocycles. The molecule has 0 aliphatic carbocycles. The third-order valence-electron chi connectivity index (χ3n) is 3.22. The van der Waals surface area contributed by atoms with Crippen molar-refractivity contribution in [1.82, 2.24) is 5.01 Å². The van der Waals surface area contributed by atoms with Gasteiger partial charge in [-0.3, -0.25) is 0 Å². The van der Waals surface area contributed by atoms with Crippen LogP contribution >= 0.6 is 34.8 Å². The fourth-order valence-electron chi connectivity index (χ4n) is 2.03.